The molecule has 88 valence electrons. The van der Waals surface area contributed by atoms with Gasteiger partial charge in [0.05, 0.1) is 0 Å². The molecule has 0 N–H and O–H groups in total. The summed E-state index contributed by atoms with van der Waals surface area (Å²) >= 11 is 0. The average molecular weight is 223 g/mol. The van der Waals surface area contributed by atoms with Gasteiger partial charge in [-0.25, -0.2) is 0 Å². The third-order valence-corrected chi connectivity index (χ3v) is 2.90. The summed E-state index contributed by atoms with van der Waals surface area (Å²) in [5.74, 6) is -0.211. The van der Waals surface area contributed by atoms with Crippen LogP contribution in [0.15, 0.2) is 0 Å². The highest BCUT2D eigenvalue weighted by atomic mass is 19.4. The fraction of sp³-hybridized carbons (Fsp3) is 0.900. The second kappa shape index (κ2) is 4.86. The third-order valence-electron chi connectivity index (χ3n) is 2.90. The minimum Gasteiger partial charge on any atom is -0.342 e. The van der Waals surface area contributed by atoms with Crippen LogP contribution in [0.2, 0.25) is 0 Å². The molecule has 1 fully saturated rings. The van der Waals surface area contributed by atoms with Crippen LogP contribution >= 0.6 is 0 Å². The highest BCUT2D eigenvalue weighted by Crippen LogP contribution is 2.24. The quantitative estimate of drug-likeness (QED) is 0.704. The molecule has 0 aliphatic carbocycles. The molecule has 1 heterocycles. The predicted octanol–water partition coefficient (Wildman–Crippen LogP) is 2.59. The molecule has 0 unspecified atom stereocenters. The smallest absolute Gasteiger partial charge is 0.342 e. The number of nitrogens with zero attached hydrogens (tertiary/aromatic N) is 1. The molecular weight excluding hydrogens is 207 g/mol. The number of hydrogen-bond acceptors (Lipinski definition) is 1. The predicted molar refractivity (Wildman–Crippen MR) is 50.3 cm³/mol. The molecule has 2 nitrogen and oxygen atoms in total. The SMILES string of the molecule is CCC1CCN(C(=O)CC(F)(F)F)CC1. The second-order valence-corrected chi connectivity index (χ2v) is 4.02. The molecule has 0 bridgehead atoms. The number of halogens is 3. The number of piperidine rings is 1. The number of carbonyl (C=O) groups is 1. The number of rotatable bonds is 2. The van der Waals surface area contributed by atoms with Gasteiger partial charge >= 0.3 is 6.18 Å². The third kappa shape index (κ3) is 4.10. The largest absolute Gasteiger partial charge is 0.397 e. The van der Waals surface area contributed by atoms with E-state index in [1.807, 2.05) is 0 Å². The van der Waals surface area contributed by atoms with Crippen LogP contribution in [0, 0.1) is 5.92 Å². The van der Waals surface area contributed by atoms with E-state index in [4.69, 9.17) is 0 Å². The Morgan fingerprint density at radius 2 is 1.87 bits per heavy atom. The summed E-state index contributed by atoms with van der Waals surface area (Å²) in [6, 6.07) is 0. The van der Waals surface area contributed by atoms with Crippen LogP contribution in [0.4, 0.5) is 13.2 Å². The molecule has 0 aromatic carbocycles. The Kier molecular flexibility index (Phi) is 3.99. The van der Waals surface area contributed by atoms with E-state index in [2.05, 4.69) is 6.92 Å². The lowest BCUT2D eigenvalue weighted by atomic mass is 9.94. The van der Waals surface area contributed by atoms with Gasteiger partial charge in [-0.05, 0) is 18.8 Å². The van der Waals surface area contributed by atoms with Gasteiger partial charge in [0.1, 0.15) is 6.42 Å². The standard InChI is InChI=1S/C10H16F3NO/c1-2-8-3-5-14(6-4-8)9(15)7-10(11,12)13/h8H,2-7H2,1H3. The summed E-state index contributed by atoms with van der Waals surface area (Å²) in [6.45, 7) is 3.03. The van der Waals surface area contributed by atoms with Gasteiger partial charge in [0.25, 0.3) is 0 Å². The normalized spacial score (nSPS) is 19.3. The molecule has 0 spiro atoms. The maximum absolute atomic E-state index is 12.0. The van der Waals surface area contributed by atoms with Crippen molar-refractivity contribution in [2.24, 2.45) is 5.92 Å². The number of alkyl halides is 3. The zero-order valence-electron chi connectivity index (χ0n) is 8.81. The lowest BCUT2D eigenvalue weighted by Crippen LogP contribution is -2.40. The van der Waals surface area contributed by atoms with E-state index in [1.165, 1.54) is 4.90 Å². The molecule has 15 heavy (non-hydrogen) atoms. The lowest BCUT2D eigenvalue weighted by molar-refractivity contribution is -0.162. The Hall–Kier alpha value is -0.740. The van der Waals surface area contributed by atoms with Crippen molar-refractivity contribution in [3.8, 4) is 0 Å². The summed E-state index contributed by atoms with van der Waals surface area (Å²) in [5.41, 5.74) is 0. The fourth-order valence-electron chi connectivity index (χ4n) is 1.87. The van der Waals surface area contributed by atoms with E-state index in [0.29, 0.717) is 19.0 Å². The van der Waals surface area contributed by atoms with Crippen molar-refractivity contribution < 1.29 is 18.0 Å². The first-order valence-corrected chi connectivity index (χ1v) is 5.27. The molecule has 1 aliphatic rings. The first-order chi connectivity index (χ1) is 6.92. The van der Waals surface area contributed by atoms with Crippen molar-refractivity contribution in [1.29, 1.82) is 0 Å². The summed E-state index contributed by atoms with van der Waals surface area (Å²) in [6.07, 6.45) is -2.98. The Labute approximate surface area is 87.4 Å². The summed E-state index contributed by atoms with van der Waals surface area (Å²) in [7, 11) is 0. The lowest BCUT2D eigenvalue weighted by Gasteiger charge is -2.31. The van der Waals surface area contributed by atoms with Crippen LogP contribution in [0.5, 0.6) is 0 Å². The minimum absolute atomic E-state index is 0.480. The highest BCUT2D eigenvalue weighted by Gasteiger charge is 2.34. The topological polar surface area (TPSA) is 20.3 Å². The number of carbonyl (C=O) groups excluding carboxylic acids is 1. The van der Waals surface area contributed by atoms with Gasteiger partial charge in [-0.3, -0.25) is 4.79 Å². The first-order valence-electron chi connectivity index (χ1n) is 5.27. The van der Waals surface area contributed by atoms with Gasteiger partial charge < -0.3 is 4.90 Å². The zero-order chi connectivity index (χ0) is 11.5. The van der Waals surface area contributed by atoms with Crippen LogP contribution in [0.3, 0.4) is 0 Å². The van der Waals surface area contributed by atoms with Gasteiger partial charge in [-0.2, -0.15) is 13.2 Å². The molecule has 0 saturated carbocycles. The molecular formula is C10H16F3NO. The average Bonchev–Trinajstić information content (AvgIpc) is 2.15. The number of hydrogen-bond donors (Lipinski definition) is 0. The summed E-state index contributed by atoms with van der Waals surface area (Å²) in [4.78, 5) is 12.5. The van der Waals surface area contributed by atoms with Gasteiger partial charge in [-0.15, -0.1) is 0 Å². The molecule has 1 rings (SSSR count). The Morgan fingerprint density at radius 3 is 2.27 bits per heavy atom. The van der Waals surface area contributed by atoms with E-state index < -0.39 is 18.5 Å². The minimum atomic E-state index is -4.38. The van der Waals surface area contributed by atoms with Gasteiger partial charge in [0.2, 0.25) is 5.91 Å². The highest BCUT2D eigenvalue weighted by molar-refractivity contribution is 5.76. The van der Waals surface area contributed by atoms with Crippen molar-refractivity contribution in [2.45, 2.75) is 38.8 Å². The monoisotopic (exact) mass is 223 g/mol. The maximum Gasteiger partial charge on any atom is 0.397 e. The summed E-state index contributed by atoms with van der Waals surface area (Å²) in [5, 5.41) is 0. The van der Waals surface area contributed by atoms with Gasteiger partial charge in [0.15, 0.2) is 0 Å². The van der Waals surface area contributed by atoms with Crippen molar-refractivity contribution in [3.63, 3.8) is 0 Å². The van der Waals surface area contributed by atoms with E-state index in [9.17, 15) is 18.0 Å². The van der Waals surface area contributed by atoms with Gasteiger partial charge in [0, 0.05) is 13.1 Å². The molecule has 1 amide bonds. The van der Waals surface area contributed by atoms with Gasteiger partial charge in [-0.1, -0.05) is 13.3 Å². The van der Waals surface area contributed by atoms with Crippen molar-refractivity contribution in [1.82, 2.24) is 4.90 Å². The van der Waals surface area contributed by atoms with E-state index >= 15 is 0 Å². The molecule has 1 aliphatic heterocycles. The van der Waals surface area contributed by atoms with E-state index in [0.717, 1.165) is 19.3 Å². The van der Waals surface area contributed by atoms with Crippen LogP contribution in [-0.2, 0) is 4.79 Å². The van der Waals surface area contributed by atoms with E-state index in [1.54, 1.807) is 0 Å². The van der Waals surface area contributed by atoms with E-state index in [-0.39, 0.29) is 0 Å². The Bertz CT molecular complexity index is 219. The van der Waals surface area contributed by atoms with Crippen LogP contribution in [0.1, 0.15) is 32.6 Å². The van der Waals surface area contributed by atoms with Crippen LogP contribution in [0.25, 0.3) is 0 Å². The molecule has 0 radical (unpaired) electrons. The molecule has 1 saturated heterocycles. The molecule has 5 heteroatoms. The molecule has 0 aromatic heterocycles. The van der Waals surface area contributed by atoms with Crippen molar-refractivity contribution in [3.05, 3.63) is 0 Å². The maximum atomic E-state index is 12.0. The number of amides is 1. The van der Waals surface area contributed by atoms with Crippen LogP contribution < -0.4 is 0 Å². The van der Waals surface area contributed by atoms with Crippen molar-refractivity contribution in [2.75, 3.05) is 13.1 Å². The van der Waals surface area contributed by atoms with Crippen LogP contribution in [-0.4, -0.2) is 30.1 Å². The molecule has 0 aromatic rings. The summed E-state index contributed by atoms with van der Waals surface area (Å²) < 4.78 is 35.9. The Balaban J connectivity index is 2.37. The van der Waals surface area contributed by atoms with Crippen molar-refractivity contribution >= 4 is 5.91 Å². The first kappa shape index (κ1) is 12.3. The zero-order valence-corrected chi connectivity index (χ0v) is 8.81. The Morgan fingerprint density at radius 1 is 1.33 bits per heavy atom. The second-order valence-electron chi connectivity index (χ2n) is 4.02. The number of likely N-dealkylation sites (tertiary alicyclic amines) is 1. The fourth-order valence-corrected chi connectivity index (χ4v) is 1.87. The molecule has 0 atom stereocenters.